The first kappa shape index (κ1) is 59.6. The maximum atomic E-state index is 12.9. The van der Waals surface area contributed by atoms with E-state index in [1.807, 2.05) is 0 Å². The number of hydrogen-bond donors (Lipinski definition) is 4. The Balaban J connectivity index is 2.38. The van der Waals surface area contributed by atoms with Crippen molar-refractivity contribution in [3.8, 4) is 0 Å². The molecule has 0 aliphatic carbocycles. The van der Waals surface area contributed by atoms with Gasteiger partial charge in [-0.15, -0.1) is 0 Å². The molecule has 0 saturated carbocycles. The number of carbonyl (C=O) groups is 1. The predicted molar refractivity (Wildman–Crippen MR) is 257 cm³/mol. The number of allylic oxidation sites excluding steroid dienone is 12. The molecule has 0 spiro atoms. The Morgan fingerprint density at radius 1 is 0.609 bits per heavy atom. The topological polar surface area (TPSA) is 178 Å². The zero-order valence-corrected chi connectivity index (χ0v) is 40.4. The van der Waals surface area contributed by atoms with E-state index in [-0.39, 0.29) is 19.6 Å². The van der Waals surface area contributed by atoms with Gasteiger partial charge in [0.1, 0.15) is 30.5 Å². The molecule has 0 amide bonds. The number of aliphatic hydroxyl groups is 3. The summed E-state index contributed by atoms with van der Waals surface area (Å²) in [4.78, 5) is 12.9. The molecule has 0 aromatic rings. The van der Waals surface area contributed by atoms with Gasteiger partial charge in [-0.3, -0.25) is 9.35 Å². The number of esters is 1. The van der Waals surface area contributed by atoms with Gasteiger partial charge in [0.05, 0.1) is 19.8 Å². The molecule has 6 atom stereocenters. The third-order valence-electron chi connectivity index (χ3n) is 10.8. The summed E-state index contributed by atoms with van der Waals surface area (Å²) in [7, 11) is -5.07. The number of hydrogen-bond acceptors (Lipinski definition) is 11. The minimum absolute atomic E-state index is 0.0140. The van der Waals surface area contributed by atoms with Crippen LogP contribution in [0.3, 0.4) is 0 Å². The summed E-state index contributed by atoms with van der Waals surface area (Å²) in [5.74, 6) is -0.417. The van der Waals surface area contributed by atoms with Crippen LogP contribution in [0.1, 0.15) is 181 Å². The highest BCUT2D eigenvalue weighted by Crippen LogP contribution is 2.26. The number of ether oxygens (including phenoxy) is 4. The van der Waals surface area contributed by atoms with Crippen molar-refractivity contribution < 1.29 is 56.2 Å². The van der Waals surface area contributed by atoms with Gasteiger partial charge in [-0.05, 0) is 83.5 Å². The van der Waals surface area contributed by atoms with Gasteiger partial charge in [0.15, 0.2) is 6.29 Å². The molecule has 64 heavy (non-hydrogen) atoms. The summed E-state index contributed by atoms with van der Waals surface area (Å²) in [6.45, 7) is 3.80. The van der Waals surface area contributed by atoms with Crippen molar-refractivity contribution in [1.29, 1.82) is 0 Å². The second-order valence-electron chi connectivity index (χ2n) is 16.7. The van der Waals surface area contributed by atoms with Gasteiger partial charge in [-0.25, -0.2) is 4.18 Å². The maximum Gasteiger partial charge on any atom is 0.397 e. The van der Waals surface area contributed by atoms with Crippen molar-refractivity contribution in [3.05, 3.63) is 72.9 Å². The van der Waals surface area contributed by atoms with Crippen LogP contribution in [0, 0.1) is 0 Å². The van der Waals surface area contributed by atoms with Crippen molar-refractivity contribution >= 4 is 16.4 Å². The molecule has 1 aliphatic rings. The van der Waals surface area contributed by atoms with Crippen LogP contribution in [0.5, 0.6) is 0 Å². The molecule has 1 saturated heterocycles. The molecule has 1 heterocycles. The SMILES string of the molecule is CC/C=C\C/C=C\C/C=C\CCCCCCOCC(COC1OC(CO)C(O)C(OS(=O)(=O)O)C1O)OC(=O)CCCCCCCCCC/C=C\C/C=C\C/C=C\CCCCCCC. The van der Waals surface area contributed by atoms with Crippen LogP contribution < -0.4 is 0 Å². The molecule has 0 radical (unpaired) electrons. The summed E-state index contributed by atoms with van der Waals surface area (Å²) in [5.41, 5.74) is 0. The highest BCUT2D eigenvalue weighted by atomic mass is 32.3. The van der Waals surface area contributed by atoms with Crippen LogP contribution in [0.2, 0.25) is 0 Å². The van der Waals surface area contributed by atoms with Crippen LogP contribution in [-0.4, -0.2) is 97.5 Å². The third kappa shape index (κ3) is 34.8. The van der Waals surface area contributed by atoms with Gasteiger partial charge < -0.3 is 34.3 Å². The molecule has 6 unspecified atom stereocenters. The van der Waals surface area contributed by atoms with Crippen LogP contribution in [-0.2, 0) is 38.3 Å². The molecule has 13 heteroatoms. The van der Waals surface area contributed by atoms with Crippen LogP contribution in [0.15, 0.2) is 72.9 Å². The molecule has 0 aromatic carbocycles. The Labute approximate surface area is 388 Å². The van der Waals surface area contributed by atoms with Gasteiger partial charge in [0.2, 0.25) is 0 Å². The van der Waals surface area contributed by atoms with Crippen molar-refractivity contribution in [2.45, 2.75) is 218 Å². The largest absolute Gasteiger partial charge is 0.457 e. The number of carbonyl (C=O) groups excluding carboxylic acids is 1. The van der Waals surface area contributed by atoms with E-state index >= 15 is 0 Å². The van der Waals surface area contributed by atoms with E-state index < -0.39 is 59.8 Å². The van der Waals surface area contributed by atoms with Crippen molar-refractivity contribution in [1.82, 2.24) is 0 Å². The Morgan fingerprint density at radius 2 is 1.08 bits per heavy atom. The average molecular weight is 925 g/mol. The summed E-state index contributed by atoms with van der Waals surface area (Å²) < 4.78 is 59.1. The second-order valence-corrected chi connectivity index (χ2v) is 17.7. The lowest BCUT2D eigenvalue weighted by molar-refractivity contribution is -0.301. The monoisotopic (exact) mass is 925 g/mol. The Morgan fingerprint density at radius 3 is 1.58 bits per heavy atom. The van der Waals surface area contributed by atoms with Gasteiger partial charge >= 0.3 is 16.4 Å². The summed E-state index contributed by atoms with van der Waals surface area (Å²) >= 11 is 0. The number of unbranched alkanes of at least 4 members (excludes halogenated alkanes) is 17. The molecule has 0 aromatic heterocycles. The van der Waals surface area contributed by atoms with Crippen molar-refractivity contribution in [3.63, 3.8) is 0 Å². The lowest BCUT2D eigenvalue weighted by atomic mass is 9.99. The summed E-state index contributed by atoms with van der Waals surface area (Å²) in [6, 6.07) is 0. The molecule has 370 valence electrons. The van der Waals surface area contributed by atoms with Gasteiger partial charge in [-0.2, -0.15) is 8.42 Å². The summed E-state index contributed by atoms with van der Waals surface area (Å²) in [5, 5.41) is 30.7. The van der Waals surface area contributed by atoms with E-state index in [1.165, 1.54) is 64.2 Å². The third-order valence-corrected chi connectivity index (χ3v) is 11.3. The fourth-order valence-electron chi connectivity index (χ4n) is 7.10. The smallest absolute Gasteiger partial charge is 0.397 e. The van der Waals surface area contributed by atoms with Crippen molar-refractivity contribution in [2.24, 2.45) is 0 Å². The molecular formula is C51H88O12S. The van der Waals surface area contributed by atoms with Gasteiger partial charge in [0.25, 0.3) is 0 Å². The fourth-order valence-corrected chi connectivity index (χ4v) is 7.61. The minimum atomic E-state index is -5.07. The molecule has 0 bridgehead atoms. The number of rotatable bonds is 42. The second kappa shape index (κ2) is 41.9. The van der Waals surface area contributed by atoms with E-state index in [4.69, 9.17) is 18.9 Å². The van der Waals surface area contributed by atoms with E-state index in [2.05, 4.69) is 90.9 Å². The first-order valence-corrected chi connectivity index (χ1v) is 26.1. The van der Waals surface area contributed by atoms with E-state index in [0.717, 1.165) is 89.9 Å². The highest BCUT2D eigenvalue weighted by molar-refractivity contribution is 7.80. The highest BCUT2D eigenvalue weighted by Gasteiger charge is 2.48. The Kier molecular flexibility index (Phi) is 39.0. The molecule has 1 fully saturated rings. The van der Waals surface area contributed by atoms with Crippen molar-refractivity contribution in [2.75, 3.05) is 26.4 Å². The standard InChI is InChI=1S/C51H88O12S/c1-3-5-7-9-11-13-15-17-19-20-21-22-23-24-25-26-27-28-30-32-34-36-38-40-47(53)61-45(43-59-41-39-37-35-33-31-29-18-16-14-12-10-8-6-4-2)44-60-51-49(55)50(63-64(56,57)58)48(54)46(42-52)62-51/h6,8,12,14-15,17-18,20-21,23-24,29,45-46,48-52,54-55H,3-5,7,9-11,13,16,19,22,25-28,30-44H2,1-2H3,(H,56,57,58)/b8-6-,14-12-,17-15-,21-20-,24-23-,29-18-. The lowest BCUT2D eigenvalue weighted by Crippen LogP contribution is -2.60. The van der Waals surface area contributed by atoms with Crippen LogP contribution in [0.25, 0.3) is 0 Å². The lowest BCUT2D eigenvalue weighted by Gasteiger charge is -2.41. The van der Waals surface area contributed by atoms with Crippen LogP contribution >= 0.6 is 0 Å². The molecular weight excluding hydrogens is 837 g/mol. The Hall–Kier alpha value is -2.46. The molecule has 1 aliphatic heterocycles. The minimum Gasteiger partial charge on any atom is -0.457 e. The zero-order valence-electron chi connectivity index (χ0n) is 39.6. The predicted octanol–water partition coefficient (Wildman–Crippen LogP) is 11.1. The van der Waals surface area contributed by atoms with E-state index in [9.17, 15) is 33.1 Å². The normalized spacial score (nSPS) is 20.4. The van der Waals surface area contributed by atoms with E-state index in [0.29, 0.717) is 13.0 Å². The first-order valence-electron chi connectivity index (χ1n) is 24.7. The first-order chi connectivity index (χ1) is 31.1. The van der Waals surface area contributed by atoms with Crippen LogP contribution in [0.4, 0.5) is 0 Å². The Bertz CT molecular complexity index is 1390. The molecule has 12 nitrogen and oxygen atoms in total. The fraction of sp³-hybridized carbons (Fsp3) is 0.745. The average Bonchev–Trinajstić information content (AvgIpc) is 3.27. The van der Waals surface area contributed by atoms with Gasteiger partial charge in [0, 0.05) is 13.0 Å². The summed E-state index contributed by atoms with van der Waals surface area (Å²) in [6.07, 6.45) is 45.1. The quantitative estimate of drug-likeness (QED) is 0.0197. The number of aliphatic hydroxyl groups excluding tert-OH is 3. The maximum absolute atomic E-state index is 12.9. The van der Waals surface area contributed by atoms with E-state index in [1.54, 1.807) is 0 Å². The zero-order chi connectivity index (χ0) is 46.8. The van der Waals surface area contributed by atoms with Gasteiger partial charge in [-0.1, -0.05) is 164 Å². The molecule has 4 N–H and O–H groups in total. The molecule has 1 rings (SSSR count).